The zero-order valence-electron chi connectivity index (χ0n) is 20.9. The van der Waals surface area contributed by atoms with Crippen LogP contribution in [-0.2, 0) is 0 Å². The van der Waals surface area contributed by atoms with Crippen molar-refractivity contribution in [3.05, 3.63) is 120 Å². The smallest absolute Gasteiger partial charge is 0.265 e. The van der Waals surface area contributed by atoms with Crippen LogP contribution in [0.1, 0.15) is 20.7 Å². The normalized spacial score (nSPS) is 12.5. The highest BCUT2D eigenvalue weighted by molar-refractivity contribution is 6.35. The Morgan fingerprint density at radius 3 is 1.58 bits per heavy atom. The van der Waals surface area contributed by atoms with Crippen LogP contribution in [0.3, 0.4) is 0 Å². The molecule has 38 heavy (non-hydrogen) atoms. The van der Waals surface area contributed by atoms with Crippen molar-refractivity contribution in [2.75, 3.05) is 24.0 Å². The van der Waals surface area contributed by atoms with Gasteiger partial charge in [0.15, 0.2) is 0 Å². The summed E-state index contributed by atoms with van der Waals surface area (Å²) in [7, 11) is 3.26. The summed E-state index contributed by atoms with van der Waals surface area (Å²) in [5.41, 5.74) is 4.10. The summed E-state index contributed by atoms with van der Waals surface area (Å²) in [4.78, 5) is 30.6. The second-order valence-electron chi connectivity index (χ2n) is 8.91. The van der Waals surface area contributed by atoms with Crippen molar-refractivity contribution in [2.45, 2.75) is 0 Å². The van der Waals surface area contributed by atoms with Crippen LogP contribution < -0.4 is 19.3 Å². The molecular formula is C32H24N2O4. The van der Waals surface area contributed by atoms with E-state index in [1.165, 1.54) is 4.90 Å². The van der Waals surface area contributed by atoms with E-state index in [0.717, 1.165) is 33.9 Å². The van der Waals surface area contributed by atoms with Crippen LogP contribution in [0.4, 0.5) is 22.7 Å². The minimum absolute atomic E-state index is 0.336. The van der Waals surface area contributed by atoms with Crippen molar-refractivity contribution >= 4 is 45.3 Å². The van der Waals surface area contributed by atoms with Gasteiger partial charge >= 0.3 is 0 Å². The number of amides is 2. The Balaban J connectivity index is 1.46. The summed E-state index contributed by atoms with van der Waals surface area (Å²) in [6, 6.07) is 34.0. The molecular weight excluding hydrogens is 476 g/mol. The van der Waals surface area contributed by atoms with Crippen LogP contribution in [0.5, 0.6) is 11.5 Å². The predicted molar refractivity (Wildman–Crippen MR) is 149 cm³/mol. The maximum atomic E-state index is 13.6. The molecule has 6 rings (SSSR count). The Hall–Kier alpha value is -5.10. The van der Waals surface area contributed by atoms with E-state index in [1.54, 1.807) is 32.4 Å². The number of imide groups is 1. The van der Waals surface area contributed by atoms with Crippen molar-refractivity contribution in [2.24, 2.45) is 0 Å². The molecule has 1 aliphatic heterocycles. The molecule has 6 heteroatoms. The van der Waals surface area contributed by atoms with Crippen LogP contribution in [-0.4, -0.2) is 26.0 Å². The summed E-state index contributed by atoms with van der Waals surface area (Å²) >= 11 is 0. The molecule has 186 valence electrons. The van der Waals surface area contributed by atoms with Crippen molar-refractivity contribution in [3.63, 3.8) is 0 Å². The molecule has 0 bridgehead atoms. The van der Waals surface area contributed by atoms with Gasteiger partial charge in [-0.1, -0.05) is 30.3 Å². The van der Waals surface area contributed by atoms with Crippen molar-refractivity contribution in [3.8, 4) is 11.5 Å². The first kappa shape index (κ1) is 23.3. The predicted octanol–water partition coefficient (Wildman–Crippen LogP) is 7.13. The van der Waals surface area contributed by atoms with Crippen LogP contribution in [0, 0.1) is 0 Å². The van der Waals surface area contributed by atoms with E-state index < -0.39 is 0 Å². The Morgan fingerprint density at radius 2 is 1.08 bits per heavy atom. The number of methoxy groups -OCH3 is 2. The summed E-state index contributed by atoms with van der Waals surface area (Å²) in [6.07, 6.45) is 0. The van der Waals surface area contributed by atoms with E-state index in [0.29, 0.717) is 22.2 Å². The molecule has 0 fully saturated rings. The fraction of sp³-hybridized carbons (Fsp3) is 0.0625. The zero-order chi connectivity index (χ0) is 26.2. The number of anilines is 4. The fourth-order valence-corrected chi connectivity index (χ4v) is 4.95. The molecule has 0 unspecified atom stereocenters. The number of benzene rings is 5. The highest BCUT2D eigenvalue weighted by Crippen LogP contribution is 2.39. The van der Waals surface area contributed by atoms with Crippen molar-refractivity contribution in [1.82, 2.24) is 0 Å². The third kappa shape index (κ3) is 3.83. The lowest BCUT2D eigenvalue weighted by atomic mass is 9.94. The Labute approximate surface area is 220 Å². The lowest BCUT2D eigenvalue weighted by Gasteiger charge is -2.30. The first-order valence-electron chi connectivity index (χ1n) is 12.2. The van der Waals surface area contributed by atoms with Gasteiger partial charge < -0.3 is 14.4 Å². The van der Waals surface area contributed by atoms with Crippen LogP contribution >= 0.6 is 0 Å². The van der Waals surface area contributed by atoms with Gasteiger partial charge in [-0.25, -0.2) is 4.90 Å². The SMILES string of the molecule is COc1ccc(N(c2ccc(OC)cc2)c2cccc(N3C(=O)c4cccc5cccc(c45)C3=O)c2)cc1. The summed E-state index contributed by atoms with van der Waals surface area (Å²) in [5, 5.41) is 1.58. The number of carbonyl (C=O) groups excluding carboxylic acids is 2. The Morgan fingerprint density at radius 1 is 0.579 bits per heavy atom. The fourth-order valence-electron chi connectivity index (χ4n) is 4.95. The minimum atomic E-state index is -0.336. The molecule has 0 spiro atoms. The van der Waals surface area contributed by atoms with Crippen LogP contribution in [0.25, 0.3) is 10.8 Å². The second kappa shape index (κ2) is 9.41. The lowest BCUT2D eigenvalue weighted by molar-refractivity contribution is 0.0893. The Bertz CT molecular complexity index is 1580. The third-order valence-corrected chi connectivity index (χ3v) is 6.78. The van der Waals surface area contributed by atoms with Gasteiger partial charge in [0.05, 0.1) is 19.9 Å². The molecule has 1 aliphatic rings. The first-order valence-corrected chi connectivity index (χ1v) is 12.2. The average Bonchev–Trinajstić information content (AvgIpc) is 2.97. The maximum absolute atomic E-state index is 13.6. The van der Waals surface area contributed by atoms with E-state index >= 15 is 0 Å². The number of hydrogen-bond donors (Lipinski definition) is 0. The summed E-state index contributed by atoms with van der Waals surface area (Å²) < 4.78 is 10.7. The van der Waals surface area contributed by atoms with E-state index in [2.05, 4.69) is 4.90 Å². The van der Waals surface area contributed by atoms with E-state index in [9.17, 15) is 9.59 Å². The molecule has 0 N–H and O–H groups in total. The highest BCUT2D eigenvalue weighted by Gasteiger charge is 2.34. The Kier molecular flexibility index (Phi) is 5.77. The average molecular weight is 501 g/mol. The largest absolute Gasteiger partial charge is 0.497 e. The number of carbonyl (C=O) groups is 2. The van der Waals surface area contributed by atoms with Gasteiger partial charge in [-0.2, -0.15) is 0 Å². The van der Waals surface area contributed by atoms with Gasteiger partial charge in [0, 0.05) is 33.6 Å². The summed E-state index contributed by atoms with van der Waals surface area (Å²) in [5.74, 6) is 0.817. The first-order chi connectivity index (χ1) is 18.6. The number of hydrogen-bond acceptors (Lipinski definition) is 5. The van der Waals surface area contributed by atoms with E-state index in [-0.39, 0.29) is 11.8 Å². The molecule has 0 saturated heterocycles. The molecule has 0 radical (unpaired) electrons. The molecule has 0 atom stereocenters. The second-order valence-corrected chi connectivity index (χ2v) is 8.91. The topological polar surface area (TPSA) is 59.1 Å². The lowest BCUT2D eigenvalue weighted by Crippen LogP contribution is -2.40. The van der Waals surface area contributed by atoms with Gasteiger partial charge in [-0.15, -0.1) is 0 Å². The quantitative estimate of drug-likeness (QED) is 0.232. The molecule has 5 aromatic rings. The molecule has 6 nitrogen and oxygen atoms in total. The maximum Gasteiger partial charge on any atom is 0.265 e. The number of rotatable bonds is 6. The van der Waals surface area contributed by atoms with E-state index in [4.69, 9.17) is 9.47 Å². The van der Waals surface area contributed by atoms with Crippen LogP contribution in [0.2, 0.25) is 0 Å². The standard InChI is InChI=1S/C32H24N2O4/c1-37-26-16-12-22(13-17-26)33(23-14-18-27(38-2)19-15-23)24-8-5-9-25(20-24)34-31(35)28-10-3-6-21-7-4-11-29(30(21)28)32(34)36/h3-20H,1-2H3. The van der Waals surface area contributed by atoms with E-state index in [1.807, 2.05) is 91.0 Å². The van der Waals surface area contributed by atoms with Gasteiger partial charge in [0.2, 0.25) is 0 Å². The third-order valence-electron chi connectivity index (χ3n) is 6.78. The van der Waals surface area contributed by atoms with Gasteiger partial charge in [0.1, 0.15) is 11.5 Å². The highest BCUT2D eigenvalue weighted by atomic mass is 16.5. The van der Waals surface area contributed by atoms with Crippen LogP contribution in [0.15, 0.2) is 109 Å². The van der Waals surface area contributed by atoms with Gasteiger partial charge in [0.25, 0.3) is 11.8 Å². The monoisotopic (exact) mass is 500 g/mol. The van der Waals surface area contributed by atoms with Crippen molar-refractivity contribution in [1.29, 1.82) is 0 Å². The zero-order valence-corrected chi connectivity index (χ0v) is 20.9. The molecule has 0 aliphatic carbocycles. The van der Waals surface area contributed by atoms with Gasteiger partial charge in [-0.3, -0.25) is 9.59 Å². The summed E-state index contributed by atoms with van der Waals surface area (Å²) in [6.45, 7) is 0. The molecule has 2 amide bonds. The van der Waals surface area contributed by atoms with Gasteiger partial charge in [-0.05, 0) is 84.2 Å². The minimum Gasteiger partial charge on any atom is -0.497 e. The molecule has 5 aromatic carbocycles. The number of ether oxygens (including phenoxy) is 2. The van der Waals surface area contributed by atoms with Crippen molar-refractivity contribution < 1.29 is 19.1 Å². The molecule has 0 aromatic heterocycles. The molecule has 1 heterocycles. The number of nitrogens with zero attached hydrogens (tertiary/aromatic N) is 2. The molecule has 0 saturated carbocycles.